The molecule has 0 spiro atoms. The van der Waals surface area contributed by atoms with Crippen LogP contribution in [0.1, 0.15) is 83.5 Å². The number of hydrogen-bond acceptors (Lipinski definition) is 4. The van der Waals surface area contributed by atoms with E-state index in [1.165, 1.54) is 49.3 Å². The van der Waals surface area contributed by atoms with Crippen molar-refractivity contribution in [2.75, 3.05) is 0 Å². The molecule has 0 radical (unpaired) electrons. The maximum Gasteiger partial charge on any atom is 0.163 e. The van der Waals surface area contributed by atoms with E-state index in [1.54, 1.807) is 0 Å². The first-order valence-corrected chi connectivity index (χ1v) is 12.8. The van der Waals surface area contributed by atoms with Gasteiger partial charge in [-0.3, -0.25) is 4.79 Å². The van der Waals surface area contributed by atoms with E-state index in [9.17, 15) is 10.1 Å². The molecule has 32 heavy (non-hydrogen) atoms. The van der Waals surface area contributed by atoms with Gasteiger partial charge in [-0.2, -0.15) is 15.6 Å². The van der Waals surface area contributed by atoms with Crippen LogP contribution in [0, 0.1) is 75.4 Å². The summed E-state index contributed by atoms with van der Waals surface area (Å²) in [6.07, 6.45) is 10.4. The van der Waals surface area contributed by atoms with E-state index in [-0.39, 0.29) is 29.4 Å². The lowest BCUT2D eigenvalue weighted by Crippen LogP contribution is -2.50. The second-order valence-electron chi connectivity index (χ2n) is 11.8. The second kappa shape index (κ2) is 8.02. The lowest BCUT2D eigenvalue weighted by Gasteiger charge is -2.56. The quantitative estimate of drug-likeness (QED) is 0.645. The molecule has 0 amide bonds. The van der Waals surface area contributed by atoms with Crippen molar-refractivity contribution < 1.29 is 4.79 Å². The fourth-order valence-corrected chi connectivity index (χ4v) is 9.07. The first-order chi connectivity index (χ1) is 15.4. The second-order valence-corrected chi connectivity index (χ2v) is 11.8. The summed E-state index contributed by atoms with van der Waals surface area (Å²) < 4.78 is 1.45. The Labute approximate surface area is 192 Å². The van der Waals surface area contributed by atoms with Crippen LogP contribution in [0.15, 0.2) is 6.07 Å². The Morgan fingerprint density at radius 3 is 2.62 bits per heavy atom. The molecule has 5 nitrogen and oxygen atoms in total. The van der Waals surface area contributed by atoms with Crippen molar-refractivity contribution in [3.05, 3.63) is 17.5 Å². The number of hydrogen-bond donors (Lipinski definition) is 0. The number of fused-ring (bicyclic) bond motifs is 5. The molecule has 4 saturated carbocycles. The highest BCUT2D eigenvalue weighted by molar-refractivity contribution is 5.82. The predicted octanol–water partition coefficient (Wildman–Crippen LogP) is 5.35. The average Bonchev–Trinajstić information content (AvgIpc) is 3.30. The van der Waals surface area contributed by atoms with E-state index >= 15 is 0 Å². The minimum absolute atomic E-state index is 0.0360. The van der Waals surface area contributed by atoms with Crippen molar-refractivity contribution in [2.24, 2.45) is 52.8 Å². The summed E-state index contributed by atoms with van der Waals surface area (Å²) in [6, 6.07) is 5.55. The Morgan fingerprint density at radius 2 is 1.88 bits per heavy atom. The molecule has 5 rings (SSSR count). The lowest BCUT2D eigenvalue weighted by atomic mass is 9.48. The summed E-state index contributed by atoms with van der Waals surface area (Å²) >= 11 is 0. The van der Waals surface area contributed by atoms with Crippen LogP contribution in [-0.4, -0.2) is 15.6 Å². The summed E-state index contributed by atoms with van der Waals surface area (Å²) in [5.41, 5.74) is 0.568. The van der Waals surface area contributed by atoms with Crippen LogP contribution in [0.4, 0.5) is 0 Å². The maximum absolute atomic E-state index is 13.6. The van der Waals surface area contributed by atoms with E-state index < -0.39 is 0 Å². The smallest absolute Gasteiger partial charge is 0.163 e. The topological polar surface area (TPSA) is 82.5 Å². The van der Waals surface area contributed by atoms with Gasteiger partial charge in [0.1, 0.15) is 24.4 Å². The van der Waals surface area contributed by atoms with E-state index in [1.807, 2.05) is 6.07 Å². The lowest BCUT2D eigenvalue weighted by molar-refractivity contribution is -0.131. The minimum atomic E-state index is 0.0360. The van der Waals surface area contributed by atoms with E-state index in [0.29, 0.717) is 17.5 Å². The number of rotatable bonds is 3. The Balaban J connectivity index is 1.36. The highest BCUT2D eigenvalue weighted by atomic mass is 16.1. The number of nitriles is 2. The van der Waals surface area contributed by atoms with Crippen molar-refractivity contribution in [2.45, 2.75) is 78.7 Å². The molecule has 1 aromatic heterocycles. The molecule has 0 bridgehead atoms. The van der Waals surface area contributed by atoms with Crippen molar-refractivity contribution in [1.82, 2.24) is 9.78 Å². The van der Waals surface area contributed by atoms with Gasteiger partial charge in [0.2, 0.25) is 0 Å². The molecular formula is C27H36N4O. The van der Waals surface area contributed by atoms with Crippen LogP contribution in [0.5, 0.6) is 0 Å². The van der Waals surface area contributed by atoms with Gasteiger partial charge in [-0.15, -0.1) is 0 Å². The third-order valence-electron chi connectivity index (χ3n) is 10.2. The summed E-state index contributed by atoms with van der Waals surface area (Å²) in [5, 5.41) is 22.7. The summed E-state index contributed by atoms with van der Waals surface area (Å²) in [7, 11) is 0. The standard InChI is InChI=1S/C27H36N4O/c1-16-4-6-21-18(10-16)5-7-23-22(21)8-9-27(3)24(11-17(2)26(23)27)25(32)15-31-20(14-29)12-19(13-28)30-31/h12,16-18,21-24,26H,4-11,15H2,1-3H3/t16-,17+,18+,21-,22+,23+,24+,26?,27+/m0/s1. The molecule has 4 fully saturated rings. The highest BCUT2D eigenvalue weighted by Crippen LogP contribution is 2.66. The molecule has 170 valence electrons. The third kappa shape index (κ3) is 3.32. The molecule has 1 heterocycles. The van der Waals surface area contributed by atoms with Gasteiger partial charge in [0.15, 0.2) is 11.5 Å². The van der Waals surface area contributed by atoms with Gasteiger partial charge in [-0.1, -0.05) is 27.2 Å². The Hall–Kier alpha value is -2.14. The van der Waals surface area contributed by atoms with Crippen LogP contribution in [-0.2, 0) is 11.3 Å². The molecule has 0 N–H and O–H groups in total. The van der Waals surface area contributed by atoms with Crippen LogP contribution in [0.2, 0.25) is 0 Å². The molecule has 4 aliphatic rings. The molecule has 1 aromatic rings. The van der Waals surface area contributed by atoms with Gasteiger partial charge in [-0.05, 0) is 91.8 Å². The first-order valence-electron chi connectivity index (χ1n) is 12.8. The van der Waals surface area contributed by atoms with E-state index in [2.05, 4.69) is 31.9 Å². The van der Waals surface area contributed by atoms with E-state index in [0.717, 1.165) is 42.4 Å². The number of carbonyl (C=O) groups excluding carboxylic acids is 1. The molecular weight excluding hydrogens is 396 g/mol. The average molecular weight is 433 g/mol. The van der Waals surface area contributed by atoms with Crippen molar-refractivity contribution in [1.29, 1.82) is 10.5 Å². The van der Waals surface area contributed by atoms with Gasteiger partial charge < -0.3 is 0 Å². The zero-order chi connectivity index (χ0) is 22.6. The third-order valence-corrected chi connectivity index (χ3v) is 10.2. The maximum atomic E-state index is 13.6. The van der Waals surface area contributed by atoms with Crippen LogP contribution in [0.3, 0.4) is 0 Å². The van der Waals surface area contributed by atoms with E-state index in [4.69, 9.17) is 5.26 Å². The van der Waals surface area contributed by atoms with Crippen LogP contribution in [0.25, 0.3) is 0 Å². The summed E-state index contributed by atoms with van der Waals surface area (Å²) in [5.74, 6) is 5.85. The van der Waals surface area contributed by atoms with Gasteiger partial charge in [0.05, 0.1) is 0 Å². The first kappa shape index (κ1) is 21.7. The minimum Gasteiger partial charge on any atom is -0.297 e. The van der Waals surface area contributed by atoms with Gasteiger partial charge in [0, 0.05) is 12.0 Å². The normalized spacial score (nSPS) is 42.8. The predicted molar refractivity (Wildman–Crippen MR) is 121 cm³/mol. The van der Waals surface area contributed by atoms with Gasteiger partial charge in [0.25, 0.3) is 0 Å². The largest absolute Gasteiger partial charge is 0.297 e. The molecule has 0 aliphatic heterocycles. The number of nitrogens with zero attached hydrogens (tertiary/aromatic N) is 4. The van der Waals surface area contributed by atoms with Gasteiger partial charge >= 0.3 is 0 Å². The molecule has 0 aromatic carbocycles. The Morgan fingerprint density at radius 1 is 1.09 bits per heavy atom. The van der Waals surface area contributed by atoms with Crippen molar-refractivity contribution >= 4 is 5.78 Å². The molecule has 5 heteroatoms. The van der Waals surface area contributed by atoms with Crippen molar-refractivity contribution in [3.63, 3.8) is 0 Å². The number of Topliss-reactive ketones (excluding diaryl/α,β-unsaturated/α-hetero) is 1. The fourth-order valence-electron chi connectivity index (χ4n) is 9.07. The monoisotopic (exact) mass is 432 g/mol. The number of ketones is 1. The summed E-state index contributed by atoms with van der Waals surface area (Å²) in [6.45, 7) is 7.33. The highest BCUT2D eigenvalue weighted by Gasteiger charge is 2.60. The zero-order valence-corrected chi connectivity index (χ0v) is 19.8. The zero-order valence-electron chi connectivity index (χ0n) is 19.8. The Bertz CT molecular complexity index is 983. The molecule has 4 aliphatic carbocycles. The summed E-state index contributed by atoms with van der Waals surface area (Å²) in [4.78, 5) is 13.6. The molecule has 1 unspecified atom stereocenters. The molecule has 0 saturated heterocycles. The number of aromatic nitrogens is 2. The SMILES string of the molecule is C[C@H]1CC[C@H]2[C@H](CC[C@H]3C4[C@H](C)C[C@H](C(=O)Cn5nc(C#N)cc5C#N)[C@@]4(C)CC[C@H]23)C1. The van der Waals surface area contributed by atoms with Crippen molar-refractivity contribution in [3.8, 4) is 12.1 Å². The number of carbonyl (C=O) groups is 1. The molecule has 9 atom stereocenters. The Kier molecular flexibility index (Phi) is 5.43. The van der Waals surface area contributed by atoms with Gasteiger partial charge in [-0.25, -0.2) is 4.68 Å². The van der Waals surface area contributed by atoms with Crippen LogP contribution < -0.4 is 0 Å². The van der Waals surface area contributed by atoms with Crippen LogP contribution >= 0.6 is 0 Å². The fraction of sp³-hybridized carbons (Fsp3) is 0.778.